The topological polar surface area (TPSA) is 63.5 Å². The lowest BCUT2D eigenvalue weighted by Gasteiger charge is -2.12. The second-order valence-electron chi connectivity index (χ2n) is 6.33. The van der Waals surface area contributed by atoms with Crippen LogP contribution in [-0.2, 0) is 13.1 Å². The van der Waals surface area contributed by atoms with Gasteiger partial charge in [-0.25, -0.2) is 9.98 Å². The summed E-state index contributed by atoms with van der Waals surface area (Å²) in [4.78, 5) is 8.73. The molecule has 0 atom stereocenters. The number of nitrogens with zero attached hydrogens (tertiary/aromatic N) is 3. The summed E-state index contributed by atoms with van der Waals surface area (Å²) in [6, 6.07) is 18.3. The Kier molecular flexibility index (Phi) is 10.1. The molecule has 3 rings (SSSR count). The number of aliphatic imine (C=N–C) groups is 1. The highest BCUT2D eigenvalue weighted by molar-refractivity contribution is 14.0. The van der Waals surface area contributed by atoms with E-state index in [9.17, 15) is 0 Å². The zero-order valence-corrected chi connectivity index (χ0v) is 19.0. The van der Waals surface area contributed by atoms with E-state index in [0.29, 0.717) is 19.7 Å². The van der Waals surface area contributed by atoms with Gasteiger partial charge in [-0.15, -0.1) is 24.0 Å². The average Bonchev–Trinajstić information content (AvgIpc) is 3.24. The van der Waals surface area contributed by atoms with Crippen LogP contribution in [0.15, 0.2) is 78.3 Å². The first-order valence-corrected chi connectivity index (χ1v) is 9.57. The fraction of sp³-hybridized carbons (Fsp3) is 0.273. The Morgan fingerprint density at radius 1 is 1.03 bits per heavy atom. The number of guanidine groups is 1. The minimum Gasteiger partial charge on any atom is -0.492 e. The first-order valence-electron chi connectivity index (χ1n) is 9.57. The van der Waals surface area contributed by atoms with Gasteiger partial charge >= 0.3 is 0 Å². The number of halogens is 1. The zero-order valence-electron chi connectivity index (χ0n) is 16.6. The Bertz CT molecular complexity index is 835. The number of hydrogen-bond donors (Lipinski definition) is 2. The summed E-state index contributed by atoms with van der Waals surface area (Å²) in [5.74, 6) is 1.67. The Hall–Kier alpha value is -2.55. The number of para-hydroxylation sites is 1. The van der Waals surface area contributed by atoms with E-state index in [1.165, 1.54) is 11.1 Å². The molecule has 0 bridgehead atoms. The summed E-state index contributed by atoms with van der Waals surface area (Å²) in [7, 11) is 0. The van der Waals surface area contributed by atoms with Crippen molar-refractivity contribution in [2.75, 3.05) is 19.7 Å². The summed E-state index contributed by atoms with van der Waals surface area (Å²) < 4.78 is 7.76. The fourth-order valence-corrected chi connectivity index (χ4v) is 2.71. The predicted molar refractivity (Wildman–Crippen MR) is 128 cm³/mol. The Morgan fingerprint density at radius 3 is 2.48 bits per heavy atom. The highest BCUT2D eigenvalue weighted by Crippen LogP contribution is 2.08. The molecular formula is C22H28IN5O. The standard InChI is InChI=1S/C22H27N5O.HI/c1-2-24-22(25-13-15-28-21-6-4-3-5-7-21)26-16-19-8-10-20(11-9-19)17-27-14-12-23-18-27;/h3-12,14,18H,2,13,15-17H2,1H3,(H2,24,25,26);1H. The maximum atomic E-state index is 5.70. The van der Waals surface area contributed by atoms with Crippen LogP contribution in [-0.4, -0.2) is 35.2 Å². The largest absolute Gasteiger partial charge is 0.492 e. The lowest BCUT2D eigenvalue weighted by atomic mass is 10.1. The van der Waals surface area contributed by atoms with Crippen LogP contribution >= 0.6 is 24.0 Å². The lowest BCUT2D eigenvalue weighted by Crippen LogP contribution is -2.39. The van der Waals surface area contributed by atoms with E-state index >= 15 is 0 Å². The van der Waals surface area contributed by atoms with Gasteiger partial charge in [0.1, 0.15) is 12.4 Å². The van der Waals surface area contributed by atoms with Crippen LogP contribution in [0.4, 0.5) is 0 Å². The second-order valence-corrected chi connectivity index (χ2v) is 6.33. The van der Waals surface area contributed by atoms with Crippen molar-refractivity contribution in [3.8, 4) is 5.75 Å². The Balaban J connectivity index is 0.00000300. The molecule has 0 radical (unpaired) electrons. The maximum absolute atomic E-state index is 5.70. The first-order chi connectivity index (χ1) is 13.8. The third-order valence-corrected chi connectivity index (χ3v) is 4.12. The molecule has 0 saturated heterocycles. The molecule has 1 heterocycles. The minimum absolute atomic E-state index is 0. The molecule has 7 heteroatoms. The van der Waals surface area contributed by atoms with Crippen molar-refractivity contribution >= 4 is 29.9 Å². The molecule has 3 aromatic rings. The van der Waals surface area contributed by atoms with Gasteiger partial charge in [0.25, 0.3) is 0 Å². The van der Waals surface area contributed by atoms with Crippen LogP contribution in [0.2, 0.25) is 0 Å². The van der Waals surface area contributed by atoms with Gasteiger partial charge in [-0.1, -0.05) is 42.5 Å². The number of hydrogen-bond acceptors (Lipinski definition) is 3. The summed E-state index contributed by atoms with van der Waals surface area (Å²) >= 11 is 0. The number of aromatic nitrogens is 2. The van der Waals surface area contributed by atoms with E-state index in [4.69, 9.17) is 4.74 Å². The molecule has 2 aromatic carbocycles. The minimum atomic E-state index is 0. The summed E-state index contributed by atoms with van der Waals surface area (Å²) in [6.07, 6.45) is 5.59. The number of rotatable bonds is 9. The van der Waals surface area contributed by atoms with E-state index in [-0.39, 0.29) is 24.0 Å². The van der Waals surface area contributed by atoms with Gasteiger partial charge in [0.15, 0.2) is 5.96 Å². The Labute approximate surface area is 189 Å². The molecule has 0 unspecified atom stereocenters. The van der Waals surface area contributed by atoms with Crippen molar-refractivity contribution in [3.63, 3.8) is 0 Å². The van der Waals surface area contributed by atoms with Crippen LogP contribution in [0.1, 0.15) is 18.1 Å². The molecule has 0 aliphatic rings. The van der Waals surface area contributed by atoms with Crippen molar-refractivity contribution in [1.29, 1.82) is 0 Å². The van der Waals surface area contributed by atoms with Gasteiger partial charge in [0.05, 0.1) is 19.4 Å². The third-order valence-electron chi connectivity index (χ3n) is 4.12. The van der Waals surface area contributed by atoms with Crippen molar-refractivity contribution in [3.05, 3.63) is 84.4 Å². The molecule has 6 nitrogen and oxygen atoms in total. The van der Waals surface area contributed by atoms with Gasteiger partial charge in [0.2, 0.25) is 0 Å². The quantitative estimate of drug-likeness (QED) is 0.202. The molecule has 0 aliphatic carbocycles. The SMILES string of the molecule is CCNC(=NCc1ccc(Cn2ccnc2)cc1)NCCOc1ccccc1.I. The van der Waals surface area contributed by atoms with E-state index in [1.807, 2.05) is 42.9 Å². The van der Waals surface area contributed by atoms with E-state index in [0.717, 1.165) is 24.8 Å². The van der Waals surface area contributed by atoms with Crippen LogP contribution < -0.4 is 15.4 Å². The summed E-state index contributed by atoms with van der Waals surface area (Å²) in [5.41, 5.74) is 2.42. The molecule has 0 fully saturated rings. The molecule has 0 spiro atoms. The average molecular weight is 505 g/mol. The van der Waals surface area contributed by atoms with Gasteiger partial charge in [-0.05, 0) is 30.2 Å². The van der Waals surface area contributed by atoms with Crippen molar-refractivity contribution < 1.29 is 4.74 Å². The molecule has 1 aromatic heterocycles. The highest BCUT2D eigenvalue weighted by atomic mass is 127. The van der Waals surface area contributed by atoms with Crippen molar-refractivity contribution in [1.82, 2.24) is 20.2 Å². The number of nitrogens with one attached hydrogen (secondary N) is 2. The van der Waals surface area contributed by atoms with Crippen LogP contribution in [0.25, 0.3) is 0 Å². The van der Waals surface area contributed by atoms with Crippen LogP contribution in [0, 0.1) is 0 Å². The van der Waals surface area contributed by atoms with E-state index < -0.39 is 0 Å². The Morgan fingerprint density at radius 2 is 1.79 bits per heavy atom. The molecule has 29 heavy (non-hydrogen) atoms. The molecule has 154 valence electrons. The third kappa shape index (κ3) is 8.15. The molecule has 0 saturated carbocycles. The number of imidazole rings is 1. The summed E-state index contributed by atoms with van der Waals surface area (Å²) in [6.45, 7) is 5.59. The molecule has 0 amide bonds. The van der Waals surface area contributed by atoms with Crippen LogP contribution in [0.3, 0.4) is 0 Å². The number of benzene rings is 2. The van der Waals surface area contributed by atoms with E-state index in [2.05, 4.69) is 56.4 Å². The molecule has 0 aliphatic heterocycles. The normalized spacial score (nSPS) is 10.9. The second kappa shape index (κ2) is 12.8. The maximum Gasteiger partial charge on any atom is 0.191 e. The van der Waals surface area contributed by atoms with Crippen molar-refractivity contribution in [2.45, 2.75) is 20.0 Å². The highest BCUT2D eigenvalue weighted by Gasteiger charge is 2.00. The van der Waals surface area contributed by atoms with Crippen LogP contribution in [0.5, 0.6) is 5.75 Å². The first kappa shape index (κ1) is 22.7. The van der Waals surface area contributed by atoms with E-state index in [1.54, 1.807) is 6.20 Å². The molecule has 2 N–H and O–H groups in total. The smallest absolute Gasteiger partial charge is 0.191 e. The zero-order chi connectivity index (χ0) is 19.4. The van der Waals surface area contributed by atoms with Crippen molar-refractivity contribution in [2.24, 2.45) is 4.99 Å². The van der Waals surface area contributed by atoms with Gasteiger partial charge in [0, 0.05) is 25.5 Å². The van der Waals surface area contributed by atoms with Gasteiger partial charge in [-0.2, -0.15) is 0 Å². The predicted octanol–water partition coefficient (Wildman–Crippen LogP) is 3.68. The summed E-state index contributed by atoms with van der Waals surface area (Å²) in [5, 5.41) is 6.57. The number of ether oxygens (including phenoxy) is 1. The lowest BCUT2D eigenvalue weighted by molar-refractivity contribution is 0.322. The fourth-order valence-electron chi connectivity index (χ4n) is 2.71. The van der Waals surface area contributed by atoms with Gasteiger partial charge < -0.3 is 19.9 Å². The van der Waals surface area contributed by atoms with Gasteiger partial charge in [-0.3, -0.25) is 0 Å². The monoisotopic (exact) mass is 505 g/mol. The molecular weight excluding hydrogens is 477 g/mol.